The lowest BCUT2D eigenvalue weighted by Crippen LogP contribution is -2.41. The molecule has 2 fully saturated rings. The molecule has 2 aromatic rings. The van der Waals surface area contributed by atoms with Crippen LogP contribution in [0, 0.1) is 11.8 Å². The molecule has 10 nitrogen and oxygen atoms in total. The average Bonchev–Trinajstić information content (AvgIpc) is 3.43. The van der Waals surface area contributed by atoms with Gasteiger partial charge in [0.25, 0.3) is 5.91 Å². The van der Waals surface area contributed by atoms with E-state index >= 15 is 0 Å². The van der Waals surface area contributed by atoms with Crippen molar-refractivity contribution in [2.45, 2.75) is 31.6 Å². The first-order valence-corrected chi connectivity index (χ1v) is 8.97. The Balaban J connectivity index is 1.48. The molecule has 0 aromatic carbocycles. The minimum Gasteiger partial charge on any atom is -0.481 e. The molecule has 2 amide bonds. The zero-order chi connectivity index (χ0) is 19.8. The number of furan rings is 1. The van der Waals surface area contributed by atoms with Gasteiger partial charge in [0.1, 0.15) is 5.76 Å². The second-order valence-electron chi connectivity index (χ2n) is 7.00. The number of carboxylic acid groups (broad SMARTS) is 1. The normalized spacial score (nSPS) is 25.6. The Labute approximate surface area is 159 Å². The van der Waals surface area contributed by atoms with E-state index in [4.69, 9.17) is 9.15 Å². The molecule has 0 spiro atoms. The molecule has 3 N–H and O–H groups in total. The largest absolute Gasteiger partial charge is 0.481 e. The maximum absolute atomic E-state index is 12.8. The van der Waals surface area contributed by atoms with Gasteiger partial charge in [0, 0.05) is 13.2 Å². The minimum atomic E-state index is -1.05. The lowest BCUT2D eigenvalue weighted by Gasteiger charge is -2.23. The van der Waals surface area contributed by atoms with E-state index in [9.17, 15) is 19.5 Å². The first kappa shape index (κ1) is 18.2. The molecule has 2 aliphatic heterocycles. The maximum atomic E-state index is 12.8. The van der Waals surface area contributed by atoms with Crippen molar-refractivity contribution in [2.24, 2.45) is 18.9 Å². The summed E-state index contributed by atoms with van der Waals surface area (Å²) < 4.78 is 12.2. The van der Waals surface area contributed by atoms with E-state index in [1.165, 1.54) is 17.1 Å². The van der Waals surface area contributed by atoms with Crippen molar-refractivity contribution < 1.29 is 28.6 Å². The number of aryl methyl sites for hydroxylation is 1. The van der Waals surface area contributed by atoms with E-state index in [0.717, 1.165) is 0 Å². The molecular weight excluding hydrogens is 368 g/mol. The molecule has 2 saturated heterocycles. The number of hydrogen-bond donors (Lipinski definition) is 3. The van der Waals surface area contributed by atoms with E-state index in [2.05, 4.69) is 15.7 Å². The summed E-state index contributed by atoms with van der Waals surface area (Å²) in [4.78, 5) is 36.9. The van der Waals surface area contributed by atoms with Crippen molar-refractivity contribution in [2.75, 3.05) is 5.32 Å². The number of nitrogens with zero attached hydrogens (tertiary/aromatic N) is 2. The molecule has 2 aromatic heterocycles. The molecule has 10 heteroatoms. The number of anilines is 1. The average molecular weight is 388 g/mol. The van der Waals surface area contributed by atoms with E-state index in [1.807, 2.05) is 0 Å². The highest BCUT2D eigenvalue weighted by Gasteiger charge is 2.55. The topological polar surface area (TPSA) is 136 Å². The number of hydrogen-bond acceptors (Lipinski definition) is 6. The number of carbonyl (C=O) groups is 3. The highest BCUT2D eigenvalue weighted by Crippen LogP contribution is 2.44. The van der Waals surface area contributed by atoms with E-state index in [-0.39, 0.29) is 17.9 Å². The molecule has 2 aliphatic rings. The molecule has 4 heterocycles. The Morgan fingerprint density at radius 3 is 2.71 bits per heavy atom. The molecule has 4 atom stereocenters. The van der Waals surface area contributed by atoms with Crippen LogP contribution in [0.2, 0.25) is 0 Å². The number of carboxylic acids is 1. The monoisotopic (exact) mass is 388 g/mol. The smallest absolute Gasteiger partial charge is 0.310 e. The van der Waals surface area contributed by atoms with Gasteiger partial charge in [-0.2, -0.15) is 5.10 Å². The van der Waals surface area contributed by atoms with E-state index in [0.29, 0.717) is 18.6 Å². The lowest BCUT2D eigenvalue weighted by molar-refractivity contribution is -0.147. The fourth-order valence-corrected chi connectivity index (χ4v) is 3.95. The molecule has 28 heavy (non-hydrogen) atoms. The Bertz CT molecular complexity index is 905. The number of nitrogens with one attached hydrogen (secondary N) is 2. The SMILES string of the molecule is Cn1cc(NC(=O)[C@@H]2[C@@H](C(=O)O)[C@@H]3CC[C@@H]2O3)c(C(=O)NCc2ccco2)n1. The third-order valence-electron chi connectivity index (χ3n) is 5.17. The number of fused-ring (bicyclic) bond motifs is 2. The molecule has 0 saturated carbocycles. The molecule has 0 unspecified atom stereocenters. The van der Waals surface area contributed by atoms with Crippen LogP contribution in [0.5, 0.6) is 0 Å². The van der Waals surface area contributed by atoms with Gasteiger partial charge < -0.3 is 24.9 Å². The molecule has 4 rings (SSSR count). The zero-order valence-corrected chi connectivity index (χ0v) is 15.1. The zero-order valence-electron chi connectivity index (χ0n) is 15.1. The van der Waals surface area contributed by atoms with Crippen LogP contribution in [0.1, 0.15) is 29.1 Å². The molecule has 0 aliphatic carbocycles. The Kier molecular flexibility index (Phi) is 4.63. The Morgan fingerprint density at radius 1 is 1.29 bits per heavy atom. The van der Waals surface area contributed by atoms with E-state index in [1.54, 1.807) is 19.2 Å². The summed E-state index contributed by atoms with van der Waals surface area (Å²) in [6, 6.07) is 3.44. The van der Waals surface area contributed by atoms with Crippen LogP contribution in [0.4, 0.5) is 5.69 Å². The fourth-order valence-electron chi connectivity index (χ4n) is 3.95. The summed E-state index contributed by atoms with van der Waals surface area (Å²) in [7, 11) is 1.62. The van der Waals surface area contributed by atoms with Crippen molar-refractivity contribution in [3.8, 4) is 0 Å². The van der Waals surface area contributed by atoms with Crippen molar-refractivity contribution in [3.63, 3.8) is 0 Å². The van der Waals surface area contributed by atoms with Gasteiger partial charge in [0.05, 0.1) is 42.5 Å². The predicted molar refractivity (Wildman–Crippen MR) is 94.2 cm³/mol. The van der Waals surface area contributed by atoms with Crippen LogP contribution in [-0.4, -0.2) is 44.9 Å². The number of carbonyl (C=O) groups excluding carboxylic acids is 2. The van der Waals surface area contributed by atoms with Crippen molar-refractivity contribution in [1.29, 1.82) is 0 Å². The van der Waals surface area contributed by atoms with Gasteiger partial charge in [-0.05, 0) is 25.0 Å². The van der Waals surface area contributed by atoms with Crippen molar-refractivity contribution >= 4 is 23.5 Å². The number of amides is 2. The fraction of sp³-hybridized carbons (Fsp3) is 0.444. The van der Waals surface area contributed by atoms with E-state index < -0.39 is 41.8 Å². The summed E-state index contributed by atoms with van der Waals surface area (Å²) in [5, 5.41) is 18.9. The summed E-state index contributed by atoms with van der Waals surface area (Å²) in [6.07, 6.45) is 3.44. The molecule has 0 radical (unpaired) electrons. The highest BCUT2D eigenvalue weighted by molar-refractivity contribution is 6.03. The van der Waals surface area contributed by atoms with Crippen LogP contribution < -0.4 is 10.6 Å². The maximum Gasteiger partial charge on any atom is 0.310 e. The van der Waals surface area contributed by atoms with Gasteiger partial charge in [0.15, 0.2) is 5.69 Å². The van der Waals surface area contributed by atoms with Gasteiger partial charge in [-0.1, -0.05) is 0 Å². The summed E-state index contributed by atoms with van der Waals surface area (Å²) >= 11 is 0. The Hall–Kier alpha value is -3.14. The van der Waals surface area contributed by atoms with Gasteiger partial charge in [-0.15, -0.1) is 0 Å². The molecule has 2 bridgehead atoms. The summed E-state index contributed by atoms with van der Waals surface area (Å²) in [5.41, 5.74) is 0.259. The third kappa shape index (κ3) is 3.26. The lowest BCUT2D eigenvalue weighted by atomic mass is 9.78. The summed E-state index contributed by atoms with van der Waals surface area (Å²) in [6.45, 7) is 0.178. The predicted octanol–water partition coefficient (Wildman–Crippen LogP) is 0.760. The van der Waals surface area contributed by atoms with Gasteiger partial charge in [-0.3, -0.25) is 19.1 Å². The minimum absolute atomic E-state index is 0.0401. The molecule has 148 valence electrons. The van der Waals surface area contributed by atoms with Crippen LogP contribution in [-0.2, 0) is 27.9 Å². The second kappa shape index (κ2) is 7.12. The second-order valence-corrected chi connectivity index (χ2v) is 7.00. The van der Waals surface area contributed by atoms with Crippen LogP contribution >= 0.6 is 0 Å². The van der Waals surface area contributed by atoms with Crippen LogP contribution in [0.3, 0.4) is 0 Å². The molecular formula is C18H20N4O6. The van der Waals surface area contributed by atoms with Crippen molar-refractivity contribution in [3.05, 3.63) is 36.0 Å². The standard InChI is InChI=1S/C18H20N4O6/c1-22-8-10(15(21-22)17(24)19-7-9-3-2-6-27-9)20-16(23)13-11-4-5-12(28-11)14(13)18(25)26/h2-3,6,8,11-14H,4-5,7H2,1H3,(H,19,24)(H,20,23)(H,25,26)/t11-,12-,13-,14-/m0/s1. The number of rotatable bonds is 6. The quantitative estimate of drug-likeness (QED) is 0.665. The van der Waals surface area contributed by atoms with Gasteiger partial charge >= 0.3 is 5.97 Å². The summed E-state index contributed by atoms with van der Waals surface area (Å²) in [5.74, 6) is -3.10. The van der Waals surface area contributed by atoms with Gasteiger partial charge in [0.2, 0.25) is 5.91 Å². The van der Waals surface area contributed by atoms with Crippen molar-refractivity contribution in [1.82, 2.24) is 15.1 Å². The number of ether oxygens (including phenoxy) is 1. The highest BCUT2D eigenvalue weighted by atomic mass is 16.5. The Morgan fingerprint density at radius 2 is 2.04 bits per heavy atom. The first-order chi connectivity index (χ1) is 13.4. The number of aliphatic carboxylic acids is 1. The third-order valence-corrected chi connectivity index (χ3v) is 5.17. The van der Waals surface area contributed by atoms with Gasteiger partial charge in [-0.25, -0.2) is 0 Å². The number of aromatic nitrogens is 2. The first-order valence-electron chi connectivity index (χ1n) is 8.97. The van der Waals surface area contributed by atoms with Crippen LogP contribution in [0.15, 0.2) is 29.0 Å². The van der Waals surface area contributed by atoms with Crippen LogP contribution in [0.25, 0.3) is 0 Å².